The number of nitrogens with zero attached hydrogens (tertiary/aromatic N) is 1. The first kappa shape index (κ1) is 11.9. The van der Waals surface area contributed by atoms with Gasteiger partial charge in [0.05, 0.1) is 0 Å². The summed E-state index contributed by atoms with van der Waals surface area (Å²) in [6.45, 7) is 1.07. The molecule has 2 unspecified atom stereocenters. The van der Waals surface area contributed by atoms with Crippen LogP contribution in [0.3, 0.4) is 0 Å². The fraction of sp³-hybridized carbons (Fsp3) is 0.538. The number of hydrogen-bond donors (Lipinski definition) is 1. The van der Waals surface area contributed by atoms with Gasteiger partial charge in [0.1, 0.15) is 0 Å². The van der Waals surface area contributed by atoms with E-state index in [2.05, 4.69) is 36.4 Å². The van der Waals surface area contributed by atoms with Crippen LogP contribution in [0.25, 0.3) is 0 Å². The highest BCUT2D eigenvalue weighted by atomic mass is 35.5. The Balaban J connectivity index is 2.13. The molecule has 2 rings (SSSR count). The third-order valence-corrected chi connectivity index (χ3v) is 3.73. The molecule has 1 fully saturated rings. The maximum absolute atomic E-state index is 6.23. The van der Waals surface area contributed by atoms with E-state index in [-0.39, 0.29) is 0 Å². The molecule has 0 aliphatic carbocycles. The first-order valence-electron chi connectivity index (χ1n) is 5.82. The summed E-state index contributed by atoms with van der Waals surface area (Å²) in [6, 6.07) is 9.19. The van der Waals surface area contributed by atoms with Gasteiger partial charge in [0.15, 0.2) is 0 Å². The minimum absolute atomic E-state index is 0.398. The predicted molar refractivity (Wildman–Crippen MR) is 68.9 cm³/mol. The first-order chi connectivity index (χ1) is 7.68. The predicted octanol–water partition coefficient (Wildman–Crippen LogP) is 2.69. The van der Waals surface area contributed by atoms with E-state index in [1.165, 1.54) is 12.0 Å². The van der Waals surface area contributed by atoms with Crippen molar-refractivity contribution in [2.45, 2.75) is 24.9 Å². The van der Waals surface area contributed by atoms with Gasteiger partial charge >= 0.3 is 0 Å². The van der Waals surface area contributed by atoms with E-state index < -0.39 is 0 Å². The van der Waals surface area contributed by atoms with Crippen molar-refractivity contribution < 1.29 is 0 Å². The summed E-state index contributed by atoms with van der Waals surface area (Å²) in [5.41, 5.74) is 1.23. The van der Waals surface area contributed by atoms with Gasteiger partial charge in [-0.2, -0.15) is 0 Å². The molecule has 1 aromatic carbocycles. The van der Waals surface area contributed by atoms with Crippen molar-refractivity contribution in [2.75, 3.05) is 20.6 Å². The molecular formula is C13H19ClN2. The van der Waals surface area contributed by atoms with Crippen molar-refractivity contribution in [3.63, 3.8) is 0 Å². The average molecular weight is 239 g/mol. The van der Waals surface area contributed by atoms with Gasteiger partial charge in [-0.05, 0) is 45.1 Å². The van der Waals surface area contributed by atoms with E-state index in [1.54, 1.807) is 0 Å². The van der Waals surface area contributed by atoms with Gasteiger partial charge in [0, 0.05) is 17.1 Å². The summed E-state index contributed by atoms with van der Waals surface area (Å²) in [5.74, 6) is 0. The molecule has 1 aliphatic rings. The smallest absolute Gasteiger partial charge is 0.0453 e. The number of halogens is 1. The summed E-state index contributed by atoms with van der Waals surface area (Å²) in [4.78, 5) is 2.31. The lowest BCUT2D eigenvalue weighted by atomic mass is 9.93. The Morgan fingerprint density at radius 2 is 2.06 bits per heavy atom. The lowest BCUT2D eigenvalue weighted by molar-refractivity contribution is 0.207. The van der Waals surface area contributed by atoms with Crippen LogP contribution in [-0.4, -0.2) is 31.6 Å². The number of hydrogen-bond acceptors (Lipinski definition) is 2. The molecule has 2 atom stereocenters. The monoisotopic (exact) mass is 238 g/mol. The fourth-order valence-electron chi connectivity index (χ4n) is 2.36. The van der Waals surface area contributed by atoms with Gasteiger partial charge < -0.3 is 10.2 Å². The third-order valence-electron chi connectivity index (χ3n) is 3.39. The highest BCUT2D eigenvalue weighted by Crippen LogP contribution is 2.29. The van der Waals surface area contributed by atoms with Gasteiger partial charge in [-0.25, -0.2) is 0 Å². The van der Waals surface area contributed by atoms with E-state index in [9.17, 15) is 0 Å². The van der Waals surface area contributed by atoms with Crippen LogP contribution in [0, 0.1) is 0 Å². The summed E-state index contributed by atoms with van der Waals surface area (Å²) in [6.07, 6.45) is 2.35. The van der Waals surface area contributed by atoms with Crippen LogP contribution >= 0.6 is 11.6 Å². The molecule has 0 aromatic heterocycles. The third kappa shape index (κ3) is 2.57. The molecule has 1 heterocycles. The maximum Gasteiger partial charge on any atom is 0.0453 e. The van der Waals surface area contributed by atoms with Crippen LogP contribution in [-0.2, 0) is 0 Å². The quantitative estimate of drug-likeness (QED) is 0.853. The summed E-state index contributed by atoms with van der Waals surface area (Å²) >= 11 is 6.23. The largest absolute Gasteiger partial charge is 0.310 e. The highest BCUT2D eigenvalue weighted by Gasteiger charge is 2.24. The Labute approximate surface area is 103 Å². The van der Waals surface area contributed by atoms with Crippen molar-refractivity contribution in [1.29, 1.82) is 0 Å². The number of benzene rings is 1. The fourth-order valence-corrected chi connectivity index (χ4v) is 2.63. The standard InChI is InChI=1S/C13H19ClN2/c1-16(2)10-7-8-15-13(9-10)11-5-3-4-6-12(11)14/h3-6,10,13,15H,7-9H2,1-2H3. The second-order valence-corrected chi connectivity index (χ2v) is 5.08. The Bertz CT molecular complexity index is 352. The molecule has 0 radical (unpaired) electrons. The van der Waals surface area contributed by atoms with Crippen LogP contribution in [0.15, 0.2) is 24.3 Å². The Morgan fingerprint density at radius 3 is 2.75 bits per heavy atom. The number of nitrogens with one attached hydrogen (secondary N) is 1. The van der Waals surface area contributed by atoms with E-state index in [0.717, 1.165) is 18.0 Å². The molecule has 0 amide bonds. The molecular weight excluding hydrogens is 220 g/mol. The SMILES string of the molecule is CN(C)C1CCNC(c2ccccc2Cl)C1. The van der Waals surface area contributed by atoms with Crippen molar-refractivity contribution in [3.05, 3.63) is 34.9 Å². The average Bonchev–Trinajstić information content (AvgIpc) is 2.30. The van der Waals surface area contributed by atoms with Gasteiger partial charge in [-0.1, -0.05) is 29.8 Å². The molecule has 1 N–H and O–H groups in total. The van der Waals surface area contributed by atoms with Gasteiger partial charge in [0.25, 0.3) is 0 Å². The Kier molecular flexibility index (Phi) is 3.85. The first-order valence-corrected chi connectivity index (χ1v) is 6.20. The van der Waals surface area contributed by atoms with Crippen LogP contribution in [0.4, 0.5) is 0 Å². The topological polar surface area (TPSA) is 15.3 Å². The van der Waals surface area contributed by atoms with Crippen LogP contribution in [0.1, 0.15) is 24.4 Å². The molecule has 16 heavy (non-hydrogen) atoms. The zero-order chi connectivity index (χ0) is 11.5. The molecule has 3 heteroatoms. The van der Waals surface area contributed by atoms with E-state index in [0.29, 0.717) is 12.1 Å². The van der Waals surface area contributed by atoms with E-state index >= 15 is 0 Å². The molecule has 0 spiro atoms. The van der Waals surface area contributed by atoms with Crippen molar-refractivity contribution in [1.82, 2.24) is 10.2 Å². The lowest BCUT2D eigenvalue weighted by Gasteiger charge is -2.34. The van der Waals surface area contributed by atoms with Gasteiger partial charge in [0.2, 0.25) is 0 Å². The van der Waals surface area contributed by atoms with Gasteiger partial charge in [-0.3, -0.25) is 0 Å². The molecule has 2 nitrogen and oxygen atoms in total. The van der Waals surface area contributed by atoms with Crippen molar-refractivity contribution >= 4 is 11.6 Å². The van der Waals surface area contributed by atoms with Crippen molar-refractivity contribution in [3.8, 4) is 0 Å². The molecule has 1 saturated heterocycles. The Morgan fingerprint density at radius 1 is 1.31 bits per heavy atom. The summed E-state index contributed by atoms with van der Waals surface area (Å²) in [7, 11) is 4.30. The molecule has 88 valence electrons. The molecule has 1 aliphatic heterocycles. The zero-order valence-electron chi connectivity index (χ0n) is 9.91. The number of rotatable bonds is 2. The van der Waals surface area contributed by atoms with E-state index in [1.807, 2.05) is 12.1 Å². The molecule has 0 saturated carbocycles. The van der Waals surface area contributed by atoms with Crippen LogP contribution in [0.2, 0.25) is 5.02 Å². The van der Waals surface area contributed by atoms with E-state index in [4.69, 9.17) is 11.6 Å². The molecule has 1 aromatic rings. The van der Waals surface area contributed by atoms with Gasteiger partial charge in [-0.15, -0.1) is 0 Å². The van der Waals surface area contributed by atoms with Crippen LogP contribution < -0.4 is 5.32 Å². The number of piperidine rings is 1. The van der Waals surface area contributed by atoms with Crippen LogP contribution in [0.5, 0.6) is 0 Å². The summed E-state index contributed by atoms with van der Waals surface area (Å²) < 4.78 is 0. The lowest BCUT2D eigenvalue weighted by Crippen LogP contribution is -2.41. The summed E-state index contributed by atoms with van der Waals surface area (Å²) in [5, 5.41) is 4.42. The second kappa shape index (κ2) is 5.17. The zero-order valence-corrected chi connectivity index (χ0v) is 10.7. The minimum atomic E-state index is 0.398. The normalized spacial score (nSPS) is 26.0. The maximum atomic E-state index is 6.23. The van der Waals surface area contributed by atoms with Crippen molar-refractivity contribution in [2.24, 2.45) is 0 Å². The molecule has 0 bridgehead atoms. The second-order valence-electron chi connectivity index (χ2n) is 4.67. The minimum Gasteiger partial charge on any atom is -0.310 e. The highest BCUT2D eigenvalue weighted by molar-refractivity contribution is 6.31. The Hall–Kier alpha value is -0.570.